The quantitative estimate of drug-likeness (QED) is 0.179. The molecule has 7 nitrogen and oxygen atoms in total. The SMILES string of the molecule is COC(=O)c1ccc(C2/C(=C(\O)c3ccc(F)cc3)C(=O)C(=O)N2c2nc3ccc(C)cc3s2)cc1. The standard InChI is InChI=1S/C27H19FN2O5S/c1-14-3-12-19-20(13-14)36-27(29-19)30-22(15-4-6-17(7-5-15)26(34)35-2)21(24(32)25(30)33)23(31)16-8-10-18(28)11-9-16/h3-13,22,31H,1-2H3/b23-21+. The molecule has 0 bridgehead atoms. The third-order valence-corrected chi connectivity index (χ3v) is 6.97. The van der Waals surface area contributed by atoms with E-state index in [9.17, 15) is 23.9 Å². The van der Waals surface area contributed by atoms with E-state index in [2.05, 4.69) is 4.98 Å². The average Bonchev–Trinajstić information content (AvgIpc) is 3.41. The Bertz CT molecular complexity index is 1560. The largest absolute Gasteiger partial charge is 0.507 e. The van der Waals surface area contributed by atoms with E-state index in [-0.39, 0.29) is 21.8 Å². The number of aromatic nitrogens is 1. The number of thiazole rings is 1. The van der Waals surface area contributed by atoms with Gasteiger partial charge in [0.25, 0.3) is 5.78 Å². The second-order valence-corrected chi connectivity index (χ2v) is 9.27. The van der Waals surface area contributed by atoms with Crippen molar-refractivity contribution in [3.8, 4) is 0 Å². The number of aliphatic hydroxyl groups excluding tert-OH is 1. The molecule has 1 aliphatic heterocycles. The summed E-state index contributed by atoms with van der Waals surface area (Å²) in [5.41, 5.74) is 2.47. The number of fused-ring (bicyclic) bond motifs is 1. The monoisotopic (exact) mass is 502 g/mol. The summed E-state index contributed by atoms with van der Waals surface area (Å²) in [6, 6.07) is 15.8. The van der Waals surface area contributed by atoms with E-state index < -0.39 is 35.3 Å². The molecule has 36 heavy (non-hydrogen) atoms. The number of hydrogen-bond donors (Lipinski definition) is 1. The van der Waals surface area contributed by atoms with Crippen molar-refractivity contribution in [3.63, 3.8) is 0 Å². The van der Waals surface area contributed by atoms with Crippen LogP contribution in [0.4, 0.5) is 9.52 Å². The molecular formula is C27H19FN2O5S. The summed E-state index contributed by atoms with van der Waals surface area (Å²) in [5.74, 6) is -3.23. The molecule has 1 aliphatic rings. The number of ether oxygens (including phenoxy) is 1. The topological polar surface area (TPSA) is 96.8 Å². The highest BCUT2D eigenvalue weighted by atomic mass is 32.1. The zero-order chi connectivity index (χ0) is 25.6. The second-order valence-electron chi connectivity index (χ2n) is 8.26. The Hall–Kier alpha value is -4.37. The molecule has 1 amide bonds. The minimum atomic E-state index is -1.02. The molecule has 0 radical (unpaired) electrons. The van der Waals surface area contributed by atoms with Crippen LogP contribution < -0.4 is 4.90 Å². The summed E-state index contributed by atoms with van der Waals surface area (Å²) in [6.45, 7) is 1.94. The fourth-order valence-corrected chi connectivity index (χ4v) is 5.24. The van der Waals surface area contributed by atoms with E-state index in [0.717, 1.165) is 22.4 Å². The highest BCUT2D eigenvalue weighted by molar-refractivity contribution is 7.22. The first-order valence-corrected chi connectivity index (χ1v) is 11.7. The summed E-state index contributed by atoms with van der Waals surface area (Å²) in [4.78, 5) is 44.3. The van der Waals surface area contributed by atoms with Gasteiger partial charge >= 0.3 is 11.9 Å². The number of Topliss-reactive ketones (excluding diaryl/α,β-unsaturated/α-hetero) is 1. The zero-order valence-electron chi connectivity index (χ0n) is 19.2. The maximum Gasteiger partial charge on any atom is 0.337 e. The Labute approximate surface area is 209 Å². The molecule has 180 valence electrons. The number of carbonyl (C=O) groups is 3. The molecule has 3 aromatic carbocycles. The van der Waals surface area contributed by atoms with Crippen LogP contribution in [0.2, 0.25) is 0 Å². The van der Waals surface area contributed by atoms with Crippen LogP contribution in [0.1, 0.15) is 33.1 Å². The first kappa shape index (κ1) is 23.4. The van der Waals surface area contributed by atoms with Crippen molar-refractivity contribution in [2.45, 2.75) is 13.0 Å². The van der Waals surface area contributed by atoms with Gasteiger partial charge in [0.1, 0.15) is 11.6 Å². The van der Waals surface area contributed by atoms with Gasteiger partial charge in [-0.1, -0.05) is 29.5 Å². The van der Waals surface area contributed by atoms with Crippen molar-refractivity contribution < 1.29 is 28.6 Å². The number of aliphatic hydroxyl groups is 1. The number of ketones is 1. The van der Waals surface area contributed by atoms with Crippen molar-refractivity contribution in [3.05, 3.63) is 100 Å². The number of methoxy groups -OCH3 is 1. The molecule has 1 aromatic heterocycles. The molecule has 1 saturated heterocycles. The third kappa shape index (κ3) is 3.93. The van der Waals surface area contributed by atoms with Gasteiger partial charge in [0.2, 0.25) is 0 Å². The van der Waals surface area contributed by atoms with Crippen LogP contribution in [0.25, 0.3) is 16.0 Å². The average molecular weight is 503 g/mol. The predicted octanol–water partition coefficient (Wildman–Crippen LogP) is 5.16. The summed E-state index contributed by atoms with van der Waals surface area (Å²) in [6.07, 6.45) is 0. The van der Waals surface area contributed by atoms with Crippen LogP contribution in [0, 0.1) is 12.7 Å². The number of aryl methyl sites for hydroxylation is 1. The lowest BCUT2D eigenvalue weighted by molar-refractivity contribution is -0.132. The van der Waals surface area contributed by atoms with Gasteiger partial charge in [-0.05, 0) is 66.6 Å². The lowest BCUT2D eigenvalue weighted by Gasteiger charge is -2.23. The predicted molar refractivity (Wildman–Crippen MR) is 133 cm³/mol. The maximum absolute atomic E-state index is 13.5. The number of halogens is 1. The van der Waals surface area contributed by atoms with Gasteiger partial charge in [0, 0.05) is 5.56 Å². The number of amides is 1. The van der Waals surface area contributed by atoms with Gasteiger partial charge in [-0.15, -0.1) is 0 Å². The highest BCUT2D eigenvalue weighted by Gasteiger charge is 2.48. The van der Waals surface area contributed by atoms with E-state index >= 15 is 0 Å². The zero-order valence-corrected chi connectivity index (χ0v) is 20.0. The van der Waals surface area contributed by atoms with Crippen LogP contribution >= 0.6 is 11.3 Å². The molecule has 2 heterocycles. The van der Waals surface area contributed by atoms with Crippen molar-refractivity contribution >= 4 is 50.1 Å². The fraction of sp³-hybridized carbons (Fsp3) is 0.111. The third-order valence-electron chi connectivity index (χ3n) is 5.95. The van der Waals surface area contributed by atoms with Gasteiger partial charge in [-0.3, -0.25) is 14.5 Å². The van der Waals surface area contributed by atoms with Crippen LogP contribution in [0.15, 0.2) is 72.3 Å². The number of hydrogen-bond acceptors (Lipinski definition) is 7. The number of benzene rings is 3. The van der Waals surface area contributed by atoms with Gasteiger partial charge in [-0.2, -0.15) is 0 Å². The van der Waals surface area contributed by atoms with E-state index in [1.54, 1.807) is 12.1 Å². The van der Waals surface area contributed by atoms with Gasteiger partial charge in [0.15, 0.2) is 5.13 Å². The highest BCUT2D eigenvalue weighted by Crippen LogP contribution is 2.44. The molecule has 4 aromatic rings. The first-order chi connectivity index (χ1) is 17.3. The maximum atomic E-state index is 13.5. The number of nitrogens with zero attached hydrogens (tertiary/aromatic N) is 2. The van der Waals surface area contributed by atoms with E-state index in [1.165, 1.54) is 47.6 Å². The van der Waals surface area contributed by atoms with Crippen LogP contribution in [0.3, 0.4) is 0 Å². The molecule has 0 saturated carbocycles. The lowest BCUT2D eigenvalue weighted by Crippen LogP contribution is -2.29. The fourth-order valence-electron chi connectivity index (χ4n) is 4.15. The van der Waals surface area contributed by atoms with Crippen molar-refractivity contribution in [2.24, 2.45) is 0 Å². The summed E-state index contributed by atoms with van der Waals surface area (Å²) < 4.78 is 19.1. The van der Waals surface area contributed by atoms with Crippen LogP contribution in [-0.4, -0.2) is 34.9 Å². The number of rotatable bonds is 4. The Balaban J connectivity index is 1.70. The van der Waals surface area contributed by atoms with Crippen LogP contribution in [-0.2, 0) is 14.3 Å². The molecule has 9 heteroatoms. The summed E-state index contributed by atoms with van der Waals surface area (Å²) in [7, 11) is 1.27. The van der Waals surface area contributed by atoms with Crippen molar-refractivity contribution in [1.82, 2.24) is 4.98 Å². The Morgan fingerprint density at radius 1 is 1.03 bits per heavy atom. The lowest BCUT2D eigenvalue weighted by atomic mass is 9.95. The normalized spacial score (nSPS) is 17.1. The first-order valence-electron chi connectivity index (χ1n) is 10.9. The van der Waals surface area contributed by atoms with E-state index in [1.807, 2.05) is 25.1 Å². The molecule has 1 unspecified atom stereocenters. The number of anilines is 1. The Morgan fingerprint density at radius 3 is 2.36 bits per heavy atom. The minimum absolute atomic E-state index is 0.159. The molecule has 0 aliphatic carbocycles. The van der Waals surface area contributed by atoms with Gasteiger partial charge in [0.05, 0.1) is 34.5 Å². The van der Waals surface area contributed by atoms with Gasteiger partial charge in [-0.25, -0.2) is 14.2 Å². The smallest absolute Gasteiger partial charge is 0.337 e. The molecular weight excluding hydrogens is 483 g/mol. The van der Waals surface area contributed by atoms with Gasteiger partial charge < -0.3 is 9.84 Å². The molecule has 5 rings (SSSR count). The Kier molecular flexibility index (Phi) is 5.85. The van der Waals surface area contributed by atoms with Crippen molar-refractivity contribution in [1.29, 1.82) is 0 Å². The number of esters is 1. The minimum Gasteiger partial charge on any atom is -0.507 e. The number of carbonyl (C=O) groups excluding carboxylic acids is 3. The molecule has 0 spiro atoms. The molecule has 1 N–H and O–H groups in total. The molecule has 1 atom stereocenters. The Morgan fingerprint density at radius 2 is 1.69 bits per heavy atom. The second kappa shape index (κ2) is 9.01. The van der Waals surface area contributed by atoms with E-state index in [0.29, 0.717) is 11.1 Å². The van der Waals surface area contributed by atoms with Crippen LogP contribution in [0.5, 0.6) is 0 Å². The van der Waals surface area contributed by atoms with Crippen molar-refractivity contribution in [2.75, 3.05) is 12.0 Å². The van der Waals surface area contributed by atoms with E-state index in [4.69, 9.17) is 4.74 Å². The molecule has 1 fully saturated rings. The summed E-state index contributed by atoms with van der Waals surface area (Å²) >= 11 is 1.25. The summed E-state index contributed by atoms with van der Waals surface area (Å²) in [5, 5.41) is 11.4.